The number of carbonyl (C=O) groups is 2. The van der Waals surface area contributed by atoms with Crippen molar-refractivity contribution in [2.24, 2.45) is 5.92 Å². The summed E-state index contributed by atoms with van der Waals surface area (Å²) in [5.74, 6) is 0.447. The quantitative estimate of drug-likeness (QED) is 0.655. The average molecular weight is 498 g/mol. The Morgan fingerprint density at radius 1 is 1.22 bits per heavy atom. The molecule has 3 atom stereocenters. The number of pyridine rings is 1. The van der Waals surface area contributed by atoms with Crippen LogP contribution in [0.5, 0.6) is 5.75 Å². The van der Waals surface area contributed by atoms with E-state index in [0.29, 0.717) is 36.7 Å². The first-order valence-corrected chi connectivity index (χ1v) is 12.4. The van der Waals surface area contributed by atoms with E-state index in [1.54, 1.807) is 43.5 Å². The second kappa shape index (κ2) is 12.7. The van der Waals surface area contributed by atoms with Crippen LogP contribution in [0.1, 0.15) is 43.7 Å². The van der Waals surface area contributed by atoms with Gasteiger partial charge in [0.25, 0.3) is 5.91 Å². The predicted molar refractivity (Wildman–Crippen MR) is 140 cm³/mol. The number of nitrogens with one attached hydrogen (secondary N) is 2. The number of rotatable bonds is 5. The van der Waals surface area contributed by atoms with Crippen molar-refractivity contribution in [3.63, 3.8) is 0 Å². The van der Waals surface area contributed by atoms with E-state index in [-0.39, 0.29) is 36.0 Å². The first-order chi connectivity index (χ1) is 17.2. The molecule has 0 spiro atoms. The number of benzene rings is 1. The van der Waals surface area contributed by atoms with Crippen molar-refractivity contribution in [2.75, 3.05) is 39.2 Å². The van der Waals surface area contributed by atoms with E-state index >= 15 is 0 Å². The van der Waals surface area contributed by atoms with Gasteiger partial charge >= 0.3 is 6.03 Å². The molecule has 9 nitrogen and oxygen atoms in total. The van der Waals surface area contributed by atoms with Gasteiger partial charge in [-0.05, 0) is 57.0 Å². The summed E-state index contributed by atoms with van der Waals surface area (Å²) in [4.78, 5) is 34.2. The topological polar surface area (TPSA) is 96.0 Å². The van der Waals surface area contributed by atoms with Crippen LogP contribution in [0, 0.1) is 5.92 Å². The summed E-state index contributed by atoms with van der Waals surface area (Å²) < 4.78 is 12.0. The summed E-state index contributed by atoms with van der Waals surface area (Å²) in [6, 6.07) is 10.8. The molecule has 1 aromatic heterocycles. The summed E-state index contributed by atoms with van der Waals surface area (Å²) in [5.41, 5.74) is 1.90. The lowest BCUT2D eigenvalue weighted by molar-refractivity contribution is 0.00901. The second-order valence-corrected chi connectivity index (χ2v) is 9.81. The third-order valence-corrected chi connectivity index (χ3v) is 6.34. The Balaban J connectivity index is 1.91. The van der Waals surface area contributed by atoms with Crippen LogP contribution in [0.25, 0.3) is 0 Å². The molecule has 1 aliphatic rings. The molecular formula is C27H39N5O4. The second-order valence-electron chi connectivity index (χ2n) is 9.81. The highest BCUT2D eigenvalue weighted by Crippen LogP contribution is 2.26. The molecule has 2 heterocycles. The number of aromatic nitrogens is 1. The van der Waals surface area contributed by atoms with Crippen molar-refractivity contribution in [3.05, 3.63) is 53.9 Å². The van der Waals surface area contributed by atoms with Gasteiger partial charge in [-0.1, -0.05) is 13.0 Å². The number of ether oxygens (including phenoxy) is 2. The molecule has 36 heavy (non-hydrogen) atoms. The Morgan fingerprint density at radius 3 is 2.67 bits per heavy atom. The van der Waals surface area contributed by atoms with E-state index in [0.717, 1.165) is 12.2 Å². The van der Waals surface area contributed by atoms with Gasteiger partial charge in [-0.2, -0.15) is 0 Å². The minimum Gasteiger partial charge on any atom is -0.491 e. The lowest BCUT2D eigenvalue weighted by atomic mass is 10.0. The van der Waals surface area contributed by atoms with Crippen LogP contribution in [0.3, 0.4) is 0 Å². The monoisotopic (exact) mass is 497 g/mol. The standard InChI is InChI=1S/C27H39N5O4/c1-18(2)29-27(34)30-21-10-11-24-23(13-21)26(33)31(5)16-25(35-6)19(3)14-32(20(4)17-36-24)15-22-9-7-8-12-28-22/h7-13,18-20,25H,14-17H2,1-6H3,(H2,29,30,34)/t19-,20+,25+/m1/s1. The van der Waals surface area contributed by atoms with Crippen LogP contribution >= 0.6 is 0 Å². The zero-order valence-electron chi connectivity index (χ0n) is 22.2. The maximum Gasteiger partial charge on any atom is 0.319 e. The van der Waals surface area contributed by atoms with Gasteiger partial charge in [0.2, 0.25) is 0 Å². The Kier molecular flexibility index (Phi) is 9.66. The third kappa shape index (κ3) is 7.41. The number of fused-ring (bicyclic) bond motifs is 1. The van der Waals surface area contributed by atoms with Crippen molar-refractivity contribution < 1.29 is 19.1 Å². The first kappa shape index (κ1) is 27.4. The molecule has 0 aliphatic carbocycles. The largest absolute Gasteiger partial charge is 0.491 e. The number of amides is 3. The van der Waals surface area contributed by atoms with Crippen molar-refractivity contribution in [1.29, 1.82) is 0 Å². The predicted octanol–water partition coefficient (Wildman–Crippen LogP) is 3.62. The fourth-order valence-corrected chi connectivity index (χ4v) is 4.28. The Hall–Kier alpha value is -3.17. The smallest absolute Gasteiger partial charge is 0.319 e. The minimum absolute atomic E-state index is 0.00567. The molecular weight excluding hydrogens is 458 g/mol. The zero-order chi connectivity index (χ0) is 26.2. The number of hydrogen-bond acceptors (Lipinski definition) is 6. The van der Waals surface area contributed by atoms with Crippen LogP contribution in [0.2, 0.25) is 0 Å². The molecule has 2 aromatic rings. The molecule has 2 N–H and O–H groups in total. The number of likely N-dealkylation sites (N-methyl/N-ethyl adjacent to an activating group) is 1. The highest BCUT2D eigenvalue weighted by atomic mass is 16.5. The SMILES string of the molecule is CO[C@H]1CN(C)C(=O)c2cc(NC(=O)NC(C)C)ccc2OC[C@H](C)N(Cc2ccccn2)C[C@H]1C. The molecule has 3 amide bonds. The van der Waals surface area contributed by atoms with Crippen LogP contribution in [-0.4, -0.2) is 78.8 Å². The summed E-state index contributed by atoms with van der Waals surface area (Å²) in [6.07, 6.45) is 1.65. The van der Waals surface area contributed by atoms with Crippen LogP contribution in [0.15, 0.2) is 42.6 Å². The summed E-state index contributed by atoms with van der Waals surface area (Å²) in [5, 5.41) is 5.59. The minimum atomic E-state index is -0.327. The van der Waals surface area contributed by atoms with Crippen LogP contribution in [0.4, 0.5) is 10.5 Å². The summed E-state index contributed by atoms with van der Waals surface area (Å²) in [6.45, 7) is 10.3. The zero-order valence-corrected chi connectivity index (χ0v) is 22.2. The molecule has 0 bridgehead atoms. The van der Waals surface area contributed by atoms with Crippen molar-refractivity contribution >= 4 is 17.6 Å². The highest BCUT2D eigenvalue weighted by molar-refractivity contribution is 5.99. The van der Waals surface area contributed by atoms with Gasteiger partial charge in [0, 0.05) is 57.8 Å². The Morgan fingerprint density at radius 2 is 2.00 bits per heavy atom. The number of nitrogens with zero attached hydrogens (tertiary/aromatic N) is 3. The molecule has 196 valence electrons. The lowest BCUT2D eigenvalue weighted by Gasteiger charge is -2.35. The number of carbonyl (C=O) groups excluding carboxylic acids is 2. The average Bonchev–Trinajstić information content (AvgIpc) is 2.84. The van der Waals surface area contributed by atoms with Gasteiger partial charge in [-0.15, -0.1) is 0 Å². The Labute approximate surface area is 214 Å². The first-order valence-electron chi connectivity index (χ1n) is 12.4. The molecule has 1 aliphatic heterocycles. The number of methoxy groups -OCH3 is 1. The molecule has 0 saturated heterocycles. The van der Waals surface area contributed by atoms with Crippen molar-refractivity contribution in [3.8, 4) is 5.75 Å². The van der Waals surface area contributed by atoms with Gasteiger partial charge in [0.15, 0.2) is 0 Å². The molecule has 0 fully saturated rings. The maximum atomic E-state index is 13.5. The molecule has 9 heteroatoms. The van der Waals surface area contributed by atoms with E-state index in [2.05, 4.69) is 34.4 Å². The molecule has 0 radical (unpaired) electrons. The summed E-state index contributed by atoms with van der Waals surface area (Å²) in [7, 11) is 3.45. The lowest BCUT2D eigenvalue weighted by Crippen LogP contribution is -2.46. The van der Waals surface area contributed by atoms with Gasteiger partial charge in [-0.3, -0.25) is 14.7 Å². The molecule has 0 unspecified atom stereocenters. The van der Waals surface area contributed by atoms with E-state index in [9.17, 15) is 9.59 Å². The van der Waals surface area contributed by atoms with E-state index in [1.807, 2.05) is 32.0 Å². The van der Waals surface area contributed by atoms with Gasteiger partial charge in [0.05, 0.1) is 17.4 Å². The van der Waals surface area contributed by atoms with Gasteiger partial charge < -0.3 is 25.0 Å². The van der Waals surface area contributed by atoms with Crippen LogP contribution < -0.4 is 15.4 Å². The number of anilines is 1. The third-order valence-electron chi connectivity index (χ3n) is 6.34. The van der Waals surface area contributed by atoms with Gasteiger partial charge in [-0.25, -0.2) is 4.79 Å². The normalized spacial score (nSPS) is 21.7. The van der Waals surface area contributed by atoms with E-state index in [1.165, 1.54) is 0 Å². The Bertz CT molecular complexity index is 1020. The van der Waals surface area contributed by atoms with Crippen molar-refractivity contribution in [1.82, 2.24) is 20.1 Å². The van der Waals surface area contributed by atoms with Crippen LogP contribution in [-0.2, 0) is 11.3 Å². The summed E-state index contributed by atoms with van der Waals surface area (Å²) >= 11 is 0. The maximum absolute atomic E-state index is 13.5. The van der Waals surface area contributed by atoms with Gasteiger partial charge in [0.1, 0.15) is 12.4 Å². The molecule has 0 saturated carbocycles. The van der Waals surface area contributed by atoms with E-state index in [4.69, 9.17) is 9.47 Å². The number of urea groups is 1. The van der Waals surface area contributed by atoms with Crippen molar-refractivity contribution in [2.45, 2.75) is 52.4 Å². The highest BCUT2D eigenvalue weighted by Gasteiger charge is 2.28. The fraction of sp³-hybridized carbons (Fsp3) is 0.519. The number of hydrogen-bond donors (Lipinski definition) is 2. The molecule has 1 aromatic carbocycles. The fourth-order valence-electron chi connectivity index (χ4n) is 4.28. The molecule has 3 rings (SSSR count). The van der Waals surface area contributed by atoms with E-state index < -0.39 is 0 Å².